The lowest BCUT2D eigenvalue weighted by Gasteiger charge is -2.19. The Morgan fingerprint density at radius 2 is 1.57 bits per heavy atom. The fourth-order valence-electron chi connectivity index (χ4n) is 2.60. The Bertz CT molecular complexity index is 973. The Labute approximate surface area is 166 Å². The van der Waals surface area contributed by atoms with Crippen molar-refractivity contribution in [1.82, 2.24) is 0 Å². The van der Waals surface area contributed by atoms with E-state index in [-0.39, 0.29) is 22.4 Å². The second-order valence-electron chi connectivity index (χ2n) is 7.66. The molecule has 0 amide bonds. The fraction of sp³-hybridized carbons (Fsp3) is 0.333. The minimum atomic E-state index is -3.56. The normalized spacial score (nSPS) is 12.9. The number of ether oxygens (including phenoxy) is 1. The molecule has 0 radical (unpaired) electrons. The van der Waals surface area contributed by atoms with Crippen LogP contribution in [0.15, 0.2) is 48.5 Å². The van der Waals surface area contributed by atoms with E-state index in [0.717, 1.165) is 11.8 Å². The van der Waals surface area contributed by atoms with Crippen LogP contribution >= 0.6 is 0 Å². The Morgan fingerprint density at radius 1 is 1.00 bits per heavy atom. The summed E-state index contributed by atoms with van der Waals surface area (Å²) < 4.78 is 30.5. The van der Waals surface area contributed by atoms with Gasteiger partial charge >= 0.3 is 5.97 Å². The van der Waals surface area contributed by atoms with Gasteiger partial charge in [0.15, 0.2) is 6.10 Å². The van der Waals surface area contributed by atoms with E-state index in [1.165, 1.54) is 19.1 Å². The molecule has 2 aromatic carbocycles. The van der Waals surface area contributed by atoms with E-state index >= 15 is 0 Å². The standard InChI is InChI=1S/C21H25NO5S/c1-14(19(23)15-10-12-16(13-11-15)21(2,3)4)27-20(24)17-8-6-7-9-18(17)22-28(5,25)26/h6-14,22H,1-5H3. The molecule has 0 saturated carbocycles. The minimum absolute atomic E-state index is 0.0318. The Morgan fingerprint density at radius 3 is 2.11 bits per heavy atom. The molecule has 0 aromatic heterocycles. The number of rotatable bonds is 6. The average Bonchev–Trinajstić information content (AvgIpc) is 2.59. The number of anilines is 1. The molecule has 0 fully saturated rings. The van der Waals surface area contributed by atoms with Crippen LogP contribution in [0.2, 0.25) is 0 Å². The zero-order chi connectivity index (χ0) is 21.1. The van der Waals surface area contributed by atoms with Crippen LogP contribution in [0.1, 0.15) is 54.0 Å². The monoisotopic (exact) mass is 403 g/mol. The van der Waals surface area contributed by atoms with Crippen LogP contribution in [-0.2, 0) is 20.2 Å². The third-order valence-corrected chi connectivity index (χ3v) is 4.72. The van der Waals surface area contributed by atoms with E-state index in [1.807, 2.05) is 12.1 Å². The minimum Gasteiger partial charge on any atom is -0.451 e. The molecular formula is C21H25NO5S. The number of Topliss-reactive ketones (excluding diaryl/α,β-unsaturated/α-hetero) is 1. The van der Waals surface area contributed by atoms with Gasteiger partial charge < -0.3 is 4.74 Å². The summed E-state index contributed by atoms with van der Waals surface area (Å²) in [6, 6.07) is 13.3. The molecule has 150 valence electrons. The van der Waals surface area contributed by atoms with E-state index in [0.29, 0.717) is 5.56 Å². The van der Waals surface area contributed by atoms with Gasteiger partial charge in [-0.15, -0.1) is 0 Å². The number of sulfonamides is 1. The molecule has 1 unspecified atom stereocenters. The number of hydrogen-bond donors (Lipinski definition) is 1. The van der Waals surface area contributed by atoms with Gasteiger partial charge in [-0.25, -0.2) is 13.2 Å². The number of carbonyl (C=O) groups excluding carboxylic acids is 2. The summed E-state index contributed by atoms with van der Waals surface area (Å²) in [6.45, 7) is 7.73. The van der Waals surface area contributed by atoms with Gasteiger partial charge in [-0.2, -0.15) is 0 Å². The Kier molecular flexibility index (Phi) is 6.29. The molecule has 0 aliphatic carbocycles. The number of esters is 1. The van der Waals surface area contributed by atoms with E-state index in [4.69, 9.17) is 4.74 Å². The van der Waals surface area contributed by atoms with Gasteiger partial charge in [-0.3, -0.25) is 9.52 Å². The lowest BCUT2D eigenvalue weighted by atomic mass is 9.86. The topological polar surface area (TPSA) is 89.5 Å². The first-order valence-corrected chi connectivity index (χ1v) is 10.7. The van der Waals surface area contributed by atoms with Crippen LogP contribution in [0.25, 0.3) is 0 Å². The van der Waals surface area contributed by atoms with Crippen molar-refractivity contribution >= 4 is 27.5 Å². The predicted octanol–water partition coefficient (Wildman–Crippen LogP) is 3.78. The number of hydrogen-bond acceptors (Lipinski definition) is 5. The van der Waals surface area contributed by atoms with Crippen molar-refractivity contribution in [2.24, 2.45) is 0 Å². The molecule has 2 aromatic rings. The van der Waals surface area contributed by atoms with Crippen LogP contribution in [0, 0.1) is 0 Å². The van der Waals surface area contributed by atoms with Crippen LogP contribution in [0.5, 0.6) is 0 Å². The highest BCUT2D eigenvalue weighted by Gasteiger charge is 2.23. The molecular weight excluding hydrogens is 378 g/mol. The quantitative estimate of drug-likeness (QED) is 0.586. The zero-order valence-electron chi connectivity index (χ0n) is 16.6. The molecule has 2 rings (SSSR count). The summed E-state index contributed by atoms with van der Waals surface area (Å²) in [5, 5.41) is 0. The molecule has 0 aliphatic heterocycles. The lowest BCUT2D eigenvalue weighted by Crippen LogP contribution is -2.25. The van der Waals surface area contributed by atoms with E-state index in [9.17, 15) is 18.0 Å². The predicted molar refractivity (Wildman–Crippen MR) is 109 cm³/mol. The van der Waals surface area contributed by atoms with Crippen molar-refractivity contribution in [3.05, 3.63) is 65.2 Å². The van der Waals surface area contributed by atoms with Crippen LogP contribution in [0.3, 0.4) is 0 Å². The maximum atomic E-state index is 12.6. The van der Waals surface area contributed by atoms with Gasteiger partial charge in [0.2, 0.25) is 15.8 Å². The highest BCUT2D eigenvalue weighted by Crippen LogP contribution is 2.23. The molecule has 0 aliphatic rings. The van der Waals surface area contributed by atoms with Crippen LogP contribution in [0.4, 0.5) is 5.69 Å². The van der Waals surface area contributed by atoms with Crippen molar-refractivity contribution < 1.29 is 22.7 Å². The number of benzene rings is 2. The van der Waals surface area contributed by atoms with Gasteiger partial charge in [0.05, 0.1) is 17.5 Å². The SMILES string of the molecule is CC(OC(=O)c1ccccc1NS(C)(=O)=O)C(=O)c1ccc(C(C)(C)C)cc1. The van der Waals surface area contributed by atoms with Crippen molar-refractivity contribution in [2.45, 2.75) is 39.2 Å². The molecule has 7 heteroatoms. The van der Waals surface area contributed by atoms with E-state index in [2.05, 4.69) is 25.5 Å². The molecule has 1 atom stereocenters. The molecule has 0 saturated heterocycles. The summed E-state index contributed by atoms with van der Waals surface area (Å²) >= 11 is 0. The molecule has 0 spiro atoms. The molecule has 1 N–H and O–H groups in total. The largest absolute Gasteiger partial charge is 0.451 e. The van der Waals surface area contributed by atoms with Crippen LogP contribution in [-0.4, -0.2) is 32.5 Å². The number of ketones is 1. The Hall–Kier alpha value is -2.67. The van der Waals surface area contributed by atoms with Crippen molar-refractivity contribution in [3.8, 4) is 0 Å². The summed E-state index contributed by atoms with van der Waals surface area (Å²) in [4.78, 5) is 25.1. The molecule has 0 heterocycles. The van der Waals surface area contributed by atoms with Crippen molar-refractivity contribution in [3.63, 3.8) is 0 Å². The molecule has 0 bridgehead atoms. The molecule has 28 heavy (non-hydrogen) atoms. The highest BCUT2D eigenvalue weighted by molar-refractivity contribution is 7.92. The van der Waals surface area contributed by atoms with Crippen LogP contribution < -0.4 is 4.72 Å². The second-order valence-corrected chi connectivity index (χ2v) is 9.41. The van der Waals surface area contributed by atoms with E-state index < -0.39 is 22.1 Å². The Balaban J connectivity index is 2.15. The van der Waals surface area contributed by atoms with Gasteiger partial charge in [-0.1, -0.05) is 57.2 Å². The lowest BCUT2D eigenvalue weighted by molar-refractivity contribution is 0.0320. The summed E-state index contributed by atoms with van der Waals surface area (Å²) in [5.74, 6) is -1.11. The second kappa shape index (κ2) is 8.14. The molecule has 6 nitrogen and oxygen atoms in total. The first-order valence-electron chi connectivity index (χ1n) is 8.81. The fourth-order valence-corrected chi connectivity index (χ4v) is 3.17. The zero-order valence-corrected chi connectivity index (χ0v) is 17.5. The third-order valence-electron chi connectivity index (χ3n) is 4.13. The third kappa shape index (κ3) is 5.66. The van der Waals surface area contributed by atoms with Crippen molar-refractivity contribution in [1.29, 1.82) is 0 Å². The average molecular weight is 404 g/mol. The number of carbonyl (C=O) groups is 2. The van der Waals surface area contributed by atoms with Gasteiger partial charge in [0.1, 0.15) is 0 Å². The number of nitrogens with one attached hydrogen (secondary N) is 1. The van der Waals surface area contributed by atoms with E-state index in [1.54, 1.807) is 24.3 Å². The van der Waals surface area contributed by atoms with Gasteiger partial charge in [-0.05, 0) is 30.0 Å². The maximum absolute atomic E-state index is 12.6. The maximum Gasteiger partial charge on any atom is 0.340 e. The van der Waals surface area contributed by atoms with Gasteiger partial charge in [0, 0.05) is 5.56 Å². The summed E-state index contributed by atoms with van der Waals surface area (Å²) in [6.07, 6.45) is -0.0260. The first-order chi connectivity index (χ1) is 12.9. The highest BCUT2D eigenvalue weighted by atomic mass is 32.2. The smallest absolute Gasteiger partial charge is 0.340 e. The summed E-state index contributed by atoms with van der Waals surface area (Å²) in [7, 11) is -3.56. The number of para-hydroxylation sites is 1. The first kappa shape index (κ1) is 21.6. The van der Waals surface area contributed by atoms with Gasteiger partial charge in [0.25, 0.3) is 0 Å². The van der Waals surface area contributed by atoms with Crippen molar-refractivity contribution in [2.75, 3.05) is 11.0 Å². The summed E-state index contributed by atoms with van der Waals surface area (Å²) in [5.41, 5.74) is 1.64.